The highest BCUT2D eigenvalue weighted by Gasteiger charge is 2.57. The molecule has 18 nitrogen and oxygen atoms in total. The van der Waals surface area contributed by atoms with Crippen molar-refractivity contribution < 1.29 is 46.3 Å². The van der Waals surface area contributed by atoms with Gasteiger partial charge in [-0.1, -0.05) is 11.2 Å². The molecule has 1 aromatic carbocycles. The lowest BCUT2D eigenvalue weighted by molar-refractivity contribution is -0.228. The molecule has 5 rings (SSSR count). The number of rotatable bonds is 13. The molecule has 0 saturated carbocycles. The first-order valence-electron chi connectivity index (χ1n) is 14.9. The number of nitrogen functional groups attached to an aromatic ring is 1. The van der Waals surface area contributed by atoms with Crippen LogP contribution in [0.2, 0.25) is 0 Å². The highest BCUT2D eigenvalue weighted by Crippen LogP contribution is 2.40. The zero-order chi connectivity index (χ0) is 34.8. The summed E-state index contributed by atoms with van der Waals surface area (Å²) in [6.07, 6.45) is -0.129. The van der Waals surface area contributed by atoms with Crippen molar-refractivity contribution in [3.8, 4) is 5.75 Å². The first-order chi connectivity index (χ1) is 22.6. The largest absolute Gasteiger partial charge is 0.489 e. The Morgan fingerprint density at radius 3 is 2.65 bits per heavy atom. The summed E-state index contributed by atoms with van der Waals surface area (Å²) in [4.78, 5) is 53.9. The van der Waals surface area contributed by atoms with Crippen LogP contribution in [-0.2, 0) is 47.0 Å². The summed E-state index contributed by atoms with van der Waals surface area (Å²) in [7, 11) is -4.99. The molecule has 0 aliphatic carbocycles. The van der Waals surface area contributed by atoms with Crippen molar-refractivity contribution in [1.29, 1.82) is 0 Å². The van der Waals surface area contributed by atoms with Crippen LogP contribution in [0.3, 0.4) is 0 Å². The van der Waals surface area contributed by atoms with E-state index in [2.05, 4.69) is 24.7 Å². The molecule has 20 heteroatoms. The van der Waals surface area contributed by atoms with E-state index in [1.54, 1.807) is 12.1 Å². The number of oxime groups is 1. The van der Waals surface area contributed by atoms with Gasteiger partial charge in [0.15, 0.2) is 22.6 Å². The van der Waals surface area contributed by atoms with Crippen LogP contribution < -0.4 is 21.5 Å². The van der Waals surface area contributed by atoms with Crippen molar-refractivity contribution >= 4 is 56.2 Å². The van der Waals surface area contributed by atoms with Crippen LogP contribution in [0.1, 0.15) is 49.9 Å². The third-order valence-corrected chi connectivity index (χ3v) is 9.23. The number of aliphatic carboxylic acids is 1. The maximum Gasteiger partial charge on any atom is 0.418 e. The van der Waals surface area contributed by atoms with Crippen molar-refractivity contribution in [2.75, 3.05) is 25.4 Å². The summed E-state index contributed by atoms with van der Waals surface area (Å²) in [5.41, 5.74) is 12.3. The van der Waals surface area contributed by atoms with Gasteiger partial charge in [0.25, 0.3) is 12.0 Å². The molecular formula is C28H36N8O10S2. The number of ether oxygens (including phenoxy) is 1. The minimum absolute atomic E-state index is 0.0195. The molecule has 0 radical (unpaired) electrons. The van der Waals surface area contributed by atoms with Gasteiger partial charge in [-0.15, -0.1) is 15.6 Å². The number of fused-ring (bicyclic) bond motifs is 1. The van der Waals surface area contributed by atoms with Crippen LogP contribution in [0, 0.1) is 5.92 Å². The quantitative estimate of drug-likeness (QED) is 0.0616. The van der Waals surface area contributed by atoms with Crippen LogP contribution in [0.15, 0.2) is 33.7 Å². The fraction of sp³-hybridized carbons (Fsp3) is 0.500. The zero-order valence-corrected chi connectivity index (χ0v) is 27.7. The molecule has 3 aliphatic heterocycles. The summed E-state index contributed by atoms with van der Waals surface area (Å²) >= 11 is 0.990. The zero-order valence-electron chi connectivity index (χ0n) is 26.1. The van der Waals surface area contributed by atoms with Gasteiger partial charge in [-0.3, -0.25) is 14.1 Å². The van der Waals surface area contributed by atoms with E-state index >= 15 is 0 Å². The number of ketones is 1. The number of nitrogens with one attached hydrogen (secondary N) is 1. The summed E-state index contributed by atoms with van der Waals surface area (Å²) in [5.74, 6) is -3.31. The maximum absolute atomic E-state index is 13.4. The maximum atomic E-state index is 13.4. The van der Waals surface area contributed by atoms with Crippen molar-refractivity contribution in [3.05, 3.63) is 40.4 Å². The highest BCUT2D eigenvalue weighted by atomic mass is 32.3. The molecule has 2 fully saturated rings. The number of carbonyl (C=O) groups is 3. The number of benzene rings is 1. The molecule has 0 spiro atoms. The van der Waals surface area contributed by atoms with E-state index in [4.69, 9.17) is 25.6 Å². The Balaban J connectivity index is 1.24. The SMILES string of the molecule is CC1(C)C(CC(=O)/C(=N\OC(COc2ccc3c(c2)CN(C(N)=NC2CCCNC2)C3)C(=O)O)c2csc(N)n2)C(=O)N1OS(=O)(=O)O. The average molecular weight is 709 g/mol. The molecule has 2 aromatic rings. The molecule has 7 N–H and O–H groups in total. The third kappa shape index (κ3) is 8.01. The number of hydroxylamine groups is 2. The van der Waals surface area contributed by atoms with Gasteiger partial charge < -0.3 is 36.4 Å². The van der Waals surface area contributed by atoms with Crippen LogP contribution in [-0.4, -0.2) is 99.7 Å². The number of thiazole rings is 1. The van der Waals surface area contributed by atoms with Gasteiger partial charge in [0, 0.05) is 31.4 Å². The van der Waals surface area contributed by atoms with Crippen molar-refractivity contribution in [3.63, 3.8) is 0 Å². The number of hydrogen-bond acceptors (Lipinski definition) is 14. The molecule has 260 valence electrons. The smallest absolute Gasteiger partial charge is 0.418 e. The lowest BCUT2D eigenvalue weighted by atomic mass is 9.74. The number of carboxylic acid groups (broad SMARTS) is 1. The van der Waals surface area contributed by atoms with Gasteiger partial charge in [-0.2, -0.15) is 13.5 Å². The van der Waals surface area contributed by atoms with E-state index in [0.29, 0.717) is 29.9 Å². The lowest BCUT2D eigenvalue weighted by Crippen LogP contribution is -2.68. The molecule has 0 bridgehead atoms. The number of carbonyl (C=O) groups excluding carboxylic acids is 2. The molecule has 1 aromatic heterocycles. The van der Waals surface area contributed by atoms with E-state index in [0.717, 1.165) is 48.4 Å². The Morgan fingerprint density at radius 1 is 1.27 bits per heavy atom. The van der Waals surface area contributed by atoms with Crippen LogP contribution >= 0.6 is 11.3 Å². The molecule has 3 unspecified atom stereocenters. The monoisotopic (exact) mass is 708 g/mol. The summed E-state index contributed by atoms with van der Waals surface area (Å²) in [5, 5.41) is 18.9. The Kier molecular flexibility index (Phi) is 10.2. The molecule has 4 heterocycles. The van der Waals surface area contributed by atoms with Crippen molar-refractivity contribution in [2.45, 2.75) is 63.9 Å². The molecule has 1 amide bonds. The number of hydrogen-bond donors (Lipinski definition) is 5. The number of piperidine rings is 1. The topological polar surface area (TPSA) is 262 Å². The fourth-order valence-electron chi connectivity index (χ4n) is 5.56. The van der Waals surface area contributed by atoms with E-state index in [1.807, 2.05) is 11.0 Å². The molecule has 3 atom stereocenters. The van der Waals surface area contributed by atoms with E-state index < -0.39 is 64.4 Å². The number of aliphatic imine (C=N–C) groups is 1. The molecule has 2 saturated heterocycles. The average Bonchev–Trinajstić information content (AvgIpc) is 3.66. The van der Waals surface area contributed by atoms with Crippen LogP contribution in [0.5, 0.6) is 5.75 Å². The first-order valence-corrected chi connectivity index (χ1v) is 17.1. The lowest BCUT2D eigenvalue weighted by Gasteiger charge is -2.50. The minimum Gasteiger partial charge on any atom is -0.489 e. The second kappa shape index (κ2) is 14.0. The molecule has 48 heavy (non-hydrogen) atoms. The second-order valence-corrected chi connectivity index (χ2v) is 13.9. The van der Waals surface area contributed by atoms with Gasteiger partial charge in [0.2, 0.25) is 0 Å². The number of anilines is 1. The molecular weight excluding hydrogens is 672 g/mol. The standard InChI is InChI=1S/C28H36N8O10S2/c1-28(2)19(24(38)36(28)46-48(41,42)43)9-21(37)23(20-14-47-27(30)33-20)34-45-22(25(39)40)13-44-18-6-5-15-11-35(12-16(15)8-18)26(29)32-17-4-3-7-31-10-17/h5-6,8,14,17,19,22,31H,3-4,7,9-13H2,1-2H3,(H2,29,32)(H2,30,33)(H,39,40)(H,41,42,43)/b34-23-. The summed E-state index contributed by atoms with van der Waals surface area (Å²) in [6, 6.07) is 5.48. The highest BCUT2D eigenvalue weighted by molar-refractivity contribution is 7.80. The Hall–Kier alpha value is -4.37. The predicted molar refractivity (Wildman–Crippen MR) is 171 cm³/mol. The third-order valence-electron chi connectivity index (χ3n) is 8.22. The van der Waals surface area contributed by atoms with Crippen LogP contribution in [0.4, 0.5) is 5.13 Å². The van der Waals surface area contributed by atoms with E-state index in [-0.39, 0.29) is 16.9 Å². The number of Topliss-reactive ketones (excluding diaryl/α,β-unsaturated/α-hetero) is 1. The Labute approximate surface area is 279 Å². The number of nitrogens with zero attached hydrogens (tertiary/aromatic N) is 5. The van der Waals surface area contributed by atoms with Crippen LogP contribution in [0.25, 0.3) is 0 Å². The van der Waals surface area contributed by atoms with Gasteiger partial charge >= 0.3 is 16.4 Å². The van der Waals surface area contributed by atoms with Gasteiger partial charge in [-0.25, -0.2) is 14.8 Å². The number of nitrogens with two attached hydrogens (primary N) is 2. The van der Waals surface area contributed by atoms with Crippen molar-refractivity contribution in [2.24, 2.45) is 21.8 Å². The normalized spacial score (nSPS) is 21.8. The Morgan fingerprint density at radius 2 is 2.02 bits per heavy atom. The number of aromatic nitrogens is 1. The number of β-lactam (4-membered cyclic amide) rings is 1. The Bertz CT molecular complexity index is 1740. The minimum atomic E-state index is -4.99. The van der Waals surface area contributed by atoms with E-state index in [1.165, 1.54) is 19.2 Å². The fourth-order valence-corrected chi connectivity index (χ4v) is 6.56. The number of guanidine groups is 1. The van der Waals surface area contributed by atoms with Gasteiger partial charge in [0.05, 0.1) is 17.5 Å². The predicted octanol–water partition coefficient (Wildman–Crippen LogP) is 0.291. The summed E-state index contributed by atoms with van der Waals surface area (Å²) in [6.45, 7) is 5.23. The molecule has 3 aliphatic rings. The van der Waals surface area contributed by atoms with E-state index in [9.17, 15) is 27.9 Å². The summed E-state index contributed by atoms with van der Waals surface area (Å²) < 4.78 is 41.3. The second-order valence-electron chi connectivity index (χ2n) is 12.0. The van der Waals surface area contributed by atoms with Gasteiger partial charge in [0.1, 0.15) is 18.1 Å². The van der Waals surface area contributed by atoms with Gasteiger partial charge in [-0.05, 0) is 56.5 Å². The number of amides is 1. The number of carboxylic acids is 1. The van der Waals surface area contributed by atoms with Crippen molar-refractivity contribution in [1.82, 2.24) is 20.3 Å². The first kappa shape index (κ1) is 35.0.